The van der Waals surface area contributed by atoms with Gasteiger partial charge in [0.2, 0.25) is 0 Å². The Morgan fingerprint density at radius 3 is 2.55 bits per heavy atom. The van der Waals surface area contributed by atoms with Crippen LogP contribution in [0.25, 0.3) is 0 Å². The van der Waals surface area contributed by atoms with Crippen LogP contribution in [0.15, 0.2) is 58.6 Å². The number of nitro benzene ring substituents is 1. The Morgan fingerprint density at radius 1 is 1.24 bits per heavy atom. The molecule has 1 atom stereocenters. The molecule has 1 heterocycles. The summed E-state index contributed by atoms with van der Waals surface area (Å²) in [5.41, 5.74) is 0.322. The van der Waals surface area contributed by atoms with Crippen LogP contribution in [0.1, 0.15) is 18.1 Å². The molecule has 2 aromatic carbocycles. The summed E-state index contributed by atoms with van der Waals surface area (Å²) in [6.07, 6.45) is -3.08. The largest absolute Gasteiger partial charge is 0.416 e. The molecule has 0 unspecified atom stereocenters. The van der Waals surface area contributed by atoms with Gasteiger partial charge in [0.05, 0.1) is 28.4 Å². The molecule has 1 aliphatic heterocycles. The molecule has 0 saturated carbocycles. The highest BCUT2D eigenvalue weighted by molar-refractivity contribution is 6.23. The van der Waals surface area contributed by atoms with Gasteiger partial charge < -0.3 is 0 Å². The maximum Gasteiger partial charge on any atom is 0.416 e. The molecule has 150 valence electrons. The average Bonchev–Trinajstić information content (AvgIpc) is 2.96. The lowest BCUT2D eigenvalue weighted by molar-refractivity contribution is -0.384. The van der Waals surface area contributed by atoms with E-state index in [4.69, 9.17) is 0 Å². The summed E-state index contributed by atoms with van der Waals surface area (Å²) in [4.78, 5) is 26.9. The summed E-state index contributed by atoms with van der Waals surface area (Å²) < 4.78 is 38.3. The van der Waals surface area contributed by atoms with E-state index in [1.54, 1.807) is 6.92 Å². The number of carbonyl (C=O) groups is 1. The van der Waals surface area contributed by atoms with Gasteiger partial charge in [0.15, 0.2) is 0 Å². The Balaban J connectivity index is 1.70. The molecule has 2 aromatic rings. The maximum absolute atomic E-state index is 12.8. The summed E-state index contributed by atoms with van der Waals surface area (Å²) in [5.74, 6) is -1.15. The molecule has 0 fully saturated rings. The van der Waals surface area contributed by atoms with E-state index in [2.05, 4.69) is 10.1 Å². The zero-order valence-corrected chi connectivity index (χ0v) is 15.1. The van der Waals surface area contributed by atoms with E-state index >= 15 is 0 Å². The van der Waals surface area contributed by atoms with Gasteiger partial charge in [0, 0.05) is 18.3 Å². The number of rotatable bonds is 5. The van der Waals surface area contributed by atoms with Crippen molar-refractivity contribution in [3.05, 3.63) is 69.8 Å². The normalized spacial score (nSPS) is 17.1. The minimum absolute atomic E-state index is 0.0154. The van der Waals surface area contributed by atoms with Crippen LogP contribution in [-0.4, -0.2) is 22.8 Å². The van der Waals surface area contributed by atoms with Gasteiger partial charge in [-0.1, -0.05) is 12.1 Å². The Hall–Kier alpha value is -3.56. The van der Waals surface area contributed by atoms with Gasteiger partial charge in [-0.2, -0.15) is 23.3 Å². The van der Waals surface area contributed by atoms with Crippen molar-refractivity contribution in [2.75, 3.05) is 5.01 Å². The van der Waals surface area contributed by atoms with Crippen LogP contribution in [0, 0.1) is 16.0 Å². The molecule has 10 heteroatoms. The van der Waals surface area contributed by atoms with Gasteiger partial charge in [-0.15, -0.1) is 0 Å². The summed E-state index contributed by atoms with van der Waals surface area (Å²) in [7, 11) is 0. The third kappa shape index (κ3) is 4.48. The molecule has 1 aliphatic rings. The number of hydrogen-bond donors (Lipinski definition) is 0. The Kier molecular flexibility index (Phi) is 5.44. The molecule has 0 aliphatic carbocycles. The number of non-ortho nitro benzene ring substituents is 1. The van der Waals surface area contributed by atoms with Crippen molar-refractivity contribution >= 4 is 29.2 Å². The maximum atomic E-state index is 12.8. The van der Waals surface area contributed by atoms with Crippen molar-refractivity contribution < 1.29 is 22.9 Å². The van der Waals surface area contributed by atoms with Crippen molar-refractivity contribution in [2.24, 2.45) is 16.0 Å². The molecule has 1 amide bonds. The molecular formula is C19H15F3N4O3. The number of carbonyl (C=O) groups excluding carboxylic acids is 1. The molecule has 0 radical (unpaired) electrons. The first-order valence-electron chi connectivity index (χ1n) is 8.46. The third-order valence-electron chi connectivity index (χ3n) is 4.27. The second-order valence-corrected chi connectivity index (χ2v) is 6.33. The number of hydrogen-bond acceptors (Lipinski definition) is 5. The number of benzene rings is 2. The number of halogens is 3. The quantitative estimate of drug-likeness (QED) is 0.425. The standard InChI is InChI=1S/C19H15F3N4O3/c1-12-17(11-23-10-13-3-2-4-14(9-13)19(20,21)22)18(27)25(24-12)15-5-7-16(8-6-15)26(28)29/h2-9,11,17H,10H2,1H3/t17-/m0/s1. The number of aliphatic imine (C=N–C) groups is 1. The predicted octanol–water partition coefficient (Wildman–Crippen LogP) is 4.22. The summed E-state index contributed by atoms with van der Waals surface area (Å²) in [6, 6.07) is 10.2. The third-order valence-corrected chi connectivity index (χ3v) is 4.27. The van der Waals surface area contributed by atoms with Gasteiger partial charge >= 0.3 is 6.18 Å². The fourth-order valence-corrected chi connectivity index (χ4v) is 2.76. The van der Waals surface area contributed by atoms with Gasteiger partial charge in [-0.3, -0.25) is 19.9 Å². The topological polar surface area (TPSA) is 88.2 Å². The number of nitrogens with zero attached hydrogens (tertiary/aromatic N) is 4. The van der Waals surface area contributed by atoms with E-state index in [0.717, 1.165) is 17.1 Å². The fraction of sp³-hybridized carbons (Fsp3) is 0.211. The number of anilines is 1. The van der Waals surface area contributed by atoms with Crippen LogP contribution in [0.3, 0.4) is 0 Å². The molecular weight excluding hydrogens is 389 g/mol. The van der Waals surface area contributed by atoms with Gasteiger partial charge in [-0.05, 0) is 36.8 Å². The van der Waals surface area contributed by atoms with Gasteiger partial charge in [0.25, 0.3) is 11.6 Å². The van der Waals surface area contributed by atoms with Crippen LogP contribution >= 0.6 is 0 Å². The Morgan fingerprint density at radius 2 is 1.93 bits per heavy atom. The second-order valence-electron chi connectivity index (χ2n) is 6.33. The summed E-state index contributed by atoms with van der Waals surface area (Å²) >= 11 is 0. The lowest BCUT2D eigenvalue weighted by Crippen LogP contribution is -2.28. The lowest BCUT2D eigenvalue weighted by atomic mass is 10.1. The lowest BCUT2D eigenvalue weighted by Gasteiger charge is -2.12. The van der Waals surface area contributed by atoms with Crippen molar-refractivity contribution in [3.63, 3.8) is 0 Å². The van der Waals surface area contributed by atoms with Crippen molar-refractivity contribution in [2.45, 2.75) is 19.6 Å². The van der Waals surface area contributed by atoms with E-state index in [1.807, 2.05) is 0 Å². The molecule has 0 saturated heterocycles. The van der Waals surface area contributed by atoms with Crippen LogP contribution in [0.2, 0.25) is 0 Å². The minimum Gasteiger partial charge on any atom is -0.292 e. The Bertz CT molecular complexity index is 1000. The highest BCUT2D eigenvalue weighted by Crippen LogP contribution is 2.30. The molecule has 0 aromatic heterocycles. The smallest absolute Gasteiger partial charge is 0.292 e. The van der Waals surface area contributed by atoms with Crippen LogP contribution in [-0.2, 0) is 17.5 Å². The van der Waals surface area contributed by atoms with E-state index in [9.17, 15) is 28.1 Å². The highest BCUT2D eigenvalue weighted by atomic mass is 19.4. The summed E-state index contributed by atoms with van der Waals surface area (Å²) in [5, 5.41) is 16.0. The van der Waals surface area contributed by atoms with Crippen LogP contribution in [0.5, 0.6) is 0 Å². The average molecular weight is 404 g/mol. The number of hydrazone groups is 1. The van der Waals surface area contributed by atoms with Crippen LogP contribution < -0.4 is 5.01 Å². The Labute approximate surface area is 163 Å². The fourth-order valence-electron chi connectivity index (χ4n) is 2.76. The van der Waals surface area contributed by atoms with Crippen molar-refractivity contribution in [1.29, 1.82) is 0 Å². The monoisotopic (exact) mass is 404 g/mol. The van der Waals surface area contributed by atoms with E-state index in [0.29, 0.717) is 17.0 Å². The predicted molar refractivity (Wildman–Crippen MR) is 101 cm³/mol. The molecule has 7 nitrogen and oxygen atoms in total. The molecule has 0 spiro atoms. The van der Waals surface area contributed by atoms with Gasteiger partial charge in [-0.25, -0.2) is 0 Å². The zero-order valence-electron chi connectivity index (χ0n) is 15.1. The molecule has 0 N–H and O–H groups in total. The highest BCUT2D eigenvalue weighted by Gasteiger charge is 2.33. The minimum atomic E-state index is -4.43. The molecule has 0 bridgehead atoms. The van der Waals surface area contributed by atoms with E-state index in [-0.39, 0.29) is 12.2 Å². The first-order chi connectivity index (χ1) is 13.7. The molecule has 29 heavy (non-hydrogen) atoms. The summed E-state index contributed by atoms with van der Waals surface area (Å²) in [6.45, 7) is 1.61. The molecule has 3 rings (SSSR count). The number of alkyl halides is 3. The van der Waals surface area contributed by atoms with Crippen molar-refractivity contribution in [1.82, 2.24) is 0 Å². The first kappa shape index (κ1) is 20.2. The number of nitro groups is 1. The zero-order chi connectivity index (χ0) is 21.2. The number of amides is 1. The van der Waals surface area contributed by atoms with E-state index < -0.39 is 28.5 Å². The van der Waals surface area contributed by atoms with Crippen LogP contribution in [0.4, 0.5) is 24.5 Å². The van der Waals surface area contributed by atoms with Crippen molar-refractivity contribution in [3.8, 4) is 0 Å². The van der Waals surface area contributed by atoms with Gasteiger partial charge in [0.1, 0.15) is 5.92 Å². The second kappa shape index (κ2) is 7.82. The van der Waals surface area contributed by atoms with E-state index in [1.165, 1.54) is 42.6 Å². The first-order valence-corrected chi connectivity index (χ1v) is 8.46. The SMILES string of the molecule is CC1=NN(c2ccc([N+](=O)[O-])cc2)C(=O)[C@H]1C=NCc1cccc(C(F)(F)F)c1.